The van der Waals surface area contributed by atoms with Crippen LogP contribution >= 0.6 is 23.1 Å². The molecule has 30 heavy (non-hydrogen) atoms. The summed E-state index contributed by atoms with van der Waals surface area (Å²) in [6, 6.07) is 8.01. The number of hydrogen-bond acceptors (Lipinski definition) is 11. The molecule has 0 bridgehead atoms. The van der Waals surface area contributed by atoms with Crippen molar-refractivity contribution in [2.24, 2.45) is 0 Å². The van der Waals surface area contributed by atoms with Gasteiger partial charge in [0.15, 0.2) is 0 Å². The highest BCUT2D eigenvalue weighted by atomic mass is 32.2. The lowest BCUT2D eigenvalue weighted by atomic mass is 10.1. The van der Waals surface area contributed by atoms with Crippen molar-refractivity contribution in [3.05, 3.63) is 57.6 Å². The van der Waals surface area contributed by atoms with Gasteiger partial charge in [0.1, 0.15) is 5.82 Å². The van der Waals surface area contributed by atoms with Crippen molar-refractivity contribution < 1.29 is 4.42 Å². The van der Waals surface area contributed by atoms with Crippen molar-refractivity contribution in [3.8, 4) is 0 Å². The molecule has 0 amide bonds. The van der Waals surface area contributed by atoms with E-state index in [1.807, 2.05) is 30.5 Å². The van der Waals surface area contributed by atoms with E-state index in [1.54, 1.807) is 11.3 Å². The molecular formula is C19H20N8OS2. The molecule has 0 aliphatic heterocycles. The topological polar surface area (TPSA) is 129 Å². The number of para-hydroxylation sites is 1. The van der Waals surface area contributed by atoms with Crippen LogP contribution in [0.2, 0.25) is 0 Å². The number of benzene rings is 1. The van der Waals surface area contributed by atoms with Crippen LogP contribution in [-0.2, 0) is 18.6 Å². The van der Waals surface area contributed by atoms with Gasteiger partial charge in [0.25, 0.3) is 5.22 Å². The van der Waals surface area contributed by atoms with E-state index >= 15 is 0 Å². The predicted molar refractivity (Wildman–Crippen MR) is 117 cm³/mol. The third kappa shape index (κ3) is 5.10. The number of aryl methyl sites for hydroxylation is 2. The van der Waals surface area contributed by atoms with Gasteiger partial charge in [-0.25, -0.2) is 4.98 Å². The number of hydrogen-bond donors (Lipinski definition) is 2. The SMILES string of the molecule is CCc1ccccc1Nc1nc(N)nc(CSc2nnc(Cc3csc(C)n3)o2)n1. The van der Waals surface area contributed by atoms with Crippen LogP contribution in [-0.4, -0.2) is 30.1 Å². The van der Waals surface area contributed by atoms with Crippen LogP contribution in [0, 0.1) is 6.92 Å². The van der Waals surface area contributed by atoms with Crippen LogP contribution in [0.1, 0.15) is 34.9 Å². The molecule has 11 heteroatoms. The summed E-state index contributed by atoms with van der Waals surface area (Å²) in [7, 11) is 0. The number of rotatable bonds is 8. The second-order valence-electron chi connectivity index (χ2n) is 6.35. The van der Waals surface area contributed by atoms with Crippen molar-refractivity contribution in [2.45, 2.75) is 37.7 Å². The monoisotopic (exact) mass is 440 g/mol. The lowest BCUT2D eigenvalue weighted by Gasteiger charge is -2.10. The minimum Gasteiger partial charge on any atom is -0.416 e. The maximum absolute atomic E-state index is 5.88. The Labute approximate surface area is 181 Å². The number of nitrogens with zero attached hydrogens (tertiary/aromatic N) is 6. The Morgan fingerprint density at radius 1 is 1.13 bits per heavy atom. The van der Waals surface area contributed by atoms with Crippen LogP contribution in [0.3, 0.4) is 0 Å². The van der Waals surface area contributed by atoms with E-state index in [1.165, 1.54) is 17.3 Å². The zero-order chi connectivity index (χ0) is 20.9. The van der Waals surface area contributed by atoms with E-state index in [4.69, 9.17) is 10.2 Å². The summed E-state index contributed by atoms with van der Waals surface area (Å²) in [5.74, 6) is 2.04. The van der Waals surface area contributed by atoms with E-state index in [0.29, 0.717) is 35.1 Å². The summed E-state index contributed by atoms with van der Waals surface area (Å²) in [6.07, 6.45) is 1.41. The summed E-state index contributed by atoms with van der Waals surface area (Å²) >= 11 is 2.94. The smallest absolute Gasteiger partial charge is 0.277 e. The van der Waals surface area contributed by atoms with Gasteiger partial charge in [0.05, 0.1) is 22.9 Å². The number of anilines is 3. The zero-order valence-electron chi connectivity index (χ0n) is 16.5. The largest absolute Gasteiger partial charge is 0.416 e. The first kappa shape index (κ1) is 20.2. The van der Waals surface area contributed by atoms with Gasteiger partial charge in [-0.2, -0.15) is 15.0 Å². The summed E-state index contributed by atoms with van der Waals surface area (Å²) in [5, 5.41) is 14.8. The number of thioether (sulfide) groups is 1. The molecule has 0 saturated carbocycles. The predicted octanol–water partition coefficient (Wildman–Crippen LogP) is 3.79. The molecule has 3 aromatic heterocycles. The van der Waals surface area contributed by atoms with Gasteiger partial charge in [-0.3, -0.25) is 0 Å². The molecule has 0 atom stereocenters. The minimum absolute atomic E-state index is 0.155. The van der Waals surface area contributed by atoms with Crippen LogP contribution in [0.4, 0.5) is 17.6 Å². The quantitative estimate of drug-likeness (QED) is 0.390. The average molecular weight is 441 g/mol. The number of nitrogens with one attached hydrogen (secondary N) is 1. The van der Waals surface area contributed by atoms with Crippen LogP contribution in [0.5, 0.6) is 0 Å². The van der Waals surface area contributed by atoms with Gasteiger partial charge in [-0.05, 0) is 25.0 Å². The molecular weight excluding hydrogens is 420 g/mol. The molecule has 0 saturated heterocycles. The Morgan fingerprint density at radius 3 is 2.80 bits per heavy atom. The fraction of sp³-hybridized carbons (Fsp3) is 0.263. The Hall–Kier alpha value is -3.05. The molecule has 1 aromatic carbocycles. The number of nitrogen functional groups attached to an aromatic ring is 1. The third-order valence-corrected chi connectivity index (χ3v) is 5.75. The van der Waals surface area contributed by atoms with E-state index < -0.39 is 0 Å². The molecule has 0 unspecified atom stereocenters. The van der Waals surface area contributed by atoms with Crippen molar-refractivity contribution in [3.63, 3.8) is 0 Å². The maximum Gasteiger partial charge on any atom is 0.277 e. The van der Waals surface area contributed by atoms with Gasteiger partial charge >= 0.3 is 0 Å². The van der Waals surface area contributed by atoms with E-state index in [2.05, 4.69) is 48.4 Å². The Morgan fingerprint density at radius 2 is 2.00 bits per heavy atom. The van der Waals surface area contributed by atoms with Crippen molar-refractivity contribution >= 4 is 40.7 Å². The molecule has 0 fully saturated rings. The molecule has 0 aliphatic carbocycles. The molecule has 0 spiro atoms. The molecule has 0 radical (unpaired) electrons. The molecule has 9 nitrogen and oxygen atoms in total. The van der Waals surface area contributed by atoms with Gasteiger partial charge < -0.3 is 15.5 Å². The van der Waals surface area contributed by atoms with Crippen LogP contribution in [0.25, 0.3) is 0 Å². The van der Waals surface area contributed by atoms with Crippen LogP contribution < -0.4 is 11.1 Å². The van der Waals surface area contributed by atoms with Gasteiger partial charge in [-0.15, -0.1) is 21.5 Å². The maximum atomic E-state index is 5.88. The molecule has 0 aliphatic rings. The minimum atomic E-state index is 0.155. The second kappa shape index (κ2) is 9.18. The zero-order valence-corrected chi connectivity index (χ0v) is 18.1. The highest BCUT2D eigenvalue weighted by molar-refractivity contribution is 7.98. The lowest BCUT2D eigenvalue weighted by Crippen LogP contribution is -2.07. The Kier molecular flexibility index (Phi) is 6.19. The molecule has 4 aromatic rings. The lowest BCUT2D eigenvalue weighted by molar-refractivity contribution is 0.419. The summed E-state index contributed by atoms with van der Waals surface area (Å²) in [4.78, 5) is 17.3. The number of nitrogens with two attached hydrogens (primary N) is 1. The standard InChI is InChI=1S/C19H20N8OS2/c1-3-12-6-4-5-7-14(12)22-18-24-15(23-17(20)25-18)10-30-19-27-26-16(28-19)8-13-9-29-11(2)21-13/h4-7,9H,3,8,10H2,1-2H3,(H3,20,22,23,24,25). The van der Waals surface area contributed by atoms with Gasteiger partial charge in [0.2, 0.25) is 17.8 Å². The summed E-state index contributed by atoms with van der Waals surface area (Å²) in [6.45, 7) is 4.06. The number of aromatic nitrogens is 6. The highest BCUT2D eigenvalue weighted by Gasteiger charge is 2.12. The molecule has 3 N–H and O–H groups in total. The number of thiazole rings is 1. The van der Waals surface area contributed by atoms with Crippen molar-refractivity contribution in [2.75, 3.05) is 11.1 Å². The van der Waals surface area contributed by atoms with E-state index in [-0.39, 0.29) is 5.95 Å². The Bertz CT molecular complexity index is 1140. The van der Waals surface area contributed by atoms with Crippen LogP contribution in [0.15, 0.2) is 39.3 Å². The summed E-state index contributed by atoms with van der Waals surface area (Å²) in [5.41, 5.74) is 8.91. The fourth-order valence-electron chi connectivity index (χ4n) is 2.77. The highest BCUT2D eigenvalue weighted by Crippen LogP contribution is 2.23. The second-order valence-corrected chi connectivity index (χ2v) is 8.34. The fourth-order valence-corrected chi connectivity index (χ4v) is 4.02. The molecule has 3 heterocycles. The van der Waals surface area contributed by atoms with Crippen molar-refractivity contribution in [1.82, 2.24) is 30.1 Å². The third-order valence-electron chi connectivity index (χ3n) is 4.12. The molecule has 154 valence electrons. The van der Waals surface area contributed by atoms with Gasteiger partial charge in [0, 0.05) is 11.1 Å². The molecule has 4 rings (SSSR count). The van der Waals surface area contributed by atoms with Crippen molar-refractivity contribution in [1.29, 1.82) is 0 Å². The normalized spacial score (nSPS) is 11.0. The van der Waals surface area contributed by atoms with E-state index in [9.17, 15) is 0 Å². The van der Waals surface area contributed by atoms with E-state index in [0.717, 1.165) is 22.8 Å². The first-order chi connectivity index (χ1) is 14.6. The summed E-state index contributed by atoms with van der Waals surface area (Å²) < 4.78 is 5.69. The average Bonchev–Trinajstić information content (AvgIpc) is 3.35. The first-order valence-corrected chi connectivity index (χ1v) is 11.2. The van der Waals surface area contributed by atoms with Gasteiger partial charge in [-0.1, -0.05) is 36.9 Å². The Balaban J connectivity index is 1.41. The first-order valence-electron chi connectivity index (χ1n) is 9.30.